The maximum Gasteiger partial charge on any atom is 0.347 e. The number of ether oxygens (including phenoxy) is 4. The average Bonchev–Trinajstić information content (AvgIpc) is 2.91. The number of benzene rings is 1. The van der Waals surface area contributed by atoms with Gasteiger partial charge in [0.1, 0.15) is 28.7 Å². The van der Waals surface area contributed by atoms with Gasteiger partial charge < -0.3 is 23.4 Å². The summed E-state index contributed by atoms with van der Waals surface area (Å²) >= 11 is 0. The fourth-order valence-corrected chi connectivity index (χ4v) is 4.25. The van der Waals surface area contributed by atoms with Gasteiger partial charge in [-0.1, -0.05) is 0 Å². The van der Waals surface area contributed by atoms with Crippen molar-refractivity contribution in [3.05, 3.63) is 33.2 Å². The van der Waals surface area contributed by atoms with Crippen molar-refractivity contribution in [1.82, 2.24) is 0 Å². The fraction of sp³-hybridized carbons (Fsp3) is 0.412. The molecule has 122 valence electrons. The largest absolute Gasteiger partial charge is 0.496 e. The third-order valence-electron chi connectivity index (χ3n) is 5.32. The molecular formula is C17H12O7. The van der Waals surface area contributed by atoms with Crippen LogP contribution in [0.2, 0.25) is 0 Å². The molecule has 2 fully saturated rings. The Morgan fingerprint density at radius 3 is 2.88 bits per heavy atom. The monoisotopic (exact) mass is 328 g/mol. The van der Waals surface area contributed by atoms with Gasteiger partial charge in [0.2, 0.25) is 6.29 Å². The summed E-state index contributed by atoms with van der Waals surface area (Å²) in [6, 6.07) is 1.78. The predicted octanol–water partition coefficient (Wildman–Crippen LogP) is 1.49. The van der Waals surface area contributed by atoms with Crippen LogP contribution in [0.25, 0.3) is 11.0 Å². The van der Waals surface area contributed by atoms with Crippen LogP contribution in [-0.4, -0.2) is 31.6 Å². The molecule has 0 spiro atoms. The summed E-state index contributed by atoms with van der Waals surface area (Å²) < 4.78 is 28.0. The molecule has 3 aliphatic heterocycles. The van der Waals surface area contributed by atoms with Crippen molar-refractivity contribution in [2.45, 2.75) is 37.4 Å². The van der Waals surface area contributed by atoms with Crippen LogP contribution in [0.3, 0.4) is 0 Å². The van der Waals surface area contributed by atoms with Crippen LogP contribution in [-0.2, 0) is 15.9 Å². The summed E-state index contributed by atoms with van der Waals surface area (Å²) in [6.45, 7) is 0. The van der Waals surface area contributed by atoms with Crippen molar-refractivity contribution >= 4 is 16.8 Å². The molecule has 4 aliphatic rings. The molecule has 0 N–H and O–H groups in total. The average molecular weight is 328 g/mol. The van der Waals surface area contributed by atoms with Crippen LogP contribution in [0.15, 0.2) is 15.3 Å². The first-order valence-corrected chi connectivity index (χ1v) is 7.88. The van der Waals surface area contributed by atoms with E-state index in [1.165, 1.54) is 0 Å². The second-order valence-electron chi connectivity index (χ2n) is 6.48. The van der Waals surface area contributed by atoms with E-state index in [2.05, 4.69) is 0 Å². The third kappa shape index (κ3) is 1.36. The first-order valence-electron chi connectivity index (χ1n) is 7.88. The van der Waals surface area contributed by atoms with E-state index in [0.29, 0.717) is 40.9 Å². The molecule has 0 bridgehead atoms. The minimum atomic E-state index is -0.592. The highest BCUT2D eigenvalue weighted by Gasteiger charge is 2.63. The van der Waals surface area contributed by atoms with Crippen molar-refractivity contribution in [3.8, 4) is 11.5 Å². The number of carbonyl (C=O) groups is 1. The molecule has 0 saturated carbocycles. The number of hydrogen-bond donors (Lipinski definition) is 0. The standard InChI is InChI=1S/C17H12O7/c1-20-7-4-8-11(12-14-17(23-14)24-16(12)21-8)13-10(7)5-2-3-6(18)9(5)15(19)22-13/h4,12,14,16-17H,2-3H2,1H3/t12-,14-,16-,17?/m1/s1. The van der Waals surface area contributed by atoms with E-state index in [9.17, 15) is 9.59 Å². The number of methoxy groups -OCH3 is 1. The lowest BCUT2D eigenvalue weighted by atomic mass is 9.93. The molecule has 1 unspecified atom stereocenters. The molecule has 4 atom stereocenters. The summed E-state index contributed by atoms with van der Waals surface area (Å²) in [4.78, 5) is 24.4. The Balaban J connectivity index is 1.74. The highest BCUT2D eigenvalue weighted by Crippen LogP contribution is 2.57. The molecule has 4 heterocycles. The van der Waals surface area contributed by atoms with Crippen molar-refractivity contribution in [2.75, 3.05) is 7.11 Å². The van der Waals surface area contributed by atoms with Gasteiger partial charge in [0.15, 0.2) is 12.1 Å². The van der Waals surface area contributed by atoms with Gasteiger partial charge >= 0.3 is 5.63 Å². The number of epoxide rings is 1. The lowest BCUT2D eigenvalue weighted by Gasteiger charge is -2.13. The van der Waals surface area contributed by atoms with Gasteiger partial charge in [-0.25, -0.2) is 4.79 Å². The Hall–Kier alpha value is -2.38. The molecule has 7 heteroatoms. The van der Waals surface area contributed by atoms with Gasteiger partial charge in [-0.3, -0.25) is 4.79 Å². The first kappa shape index (κ1) is 13.0. The van der Waals surface area contributed by atoms with E-state index in [1.54, 1.807) is 13.2 Å². The summed E-state index contributed by atoms with van der Waals surface area (Å²) in [5, 5.41) is 0.685. The van der Waals surface area contributed by atoms with Gasteiger partial charge in [-0.15, -0.1) is 0 Å². The number of hydrogen-bond acceptors (Lipinski definition) is 7. The molecule has 0 amide bonds. The van der Waals surface area contributed by atoms with E-state index >= 15 is 0 Å². The second-order valence-corrected chi connectivity index (χ2v) is 6.48. The lowest BCUT2D eigenvalue weighted by molar-refractivity contribution is -0.109. The Kier molecular flexibility index (Phi) is 2.15. The highest BCUT2D eigenvalue weighted by atomic mass is 16.8. The number of aryl methyl sites for hydroxylation is 1. The van der Waals surface area contributed by atoms with Crippen molar-refractivity contribution in [3.63, 3.8) is 0 Å². The van der Waals surface area contributed by atoms with Crippen molar-refractivity contribution < 1.29 is 28.2 Å². The van der Waals surface area contributed by atoms with Crippen LogP contribution in [0.1, 0.15) is 33.8 Å². The summed E-state index contributed by atoms with van der Waals surface area (Å²) in [7, 11) is 1.54. The zero-order valence-corrected chi connectivity index (χ0v) is 12.7. The molecular weight excluding hydrogens is 316 g/mol. The molecule has 1 aromatic carbocycles. The van der Waals surface area contributed by atoms with E-state index in [4.69, 9.17) is 23.4 Å². The molecule has 24 heavy (non-hydrogen) atoms. The molecule has 0 radical (unpaired) electrons. The predicted molar refractivity (Wildman–Crippen MR) is 78.6 cm³/mol. The topological polar surface area (TPSA) is 87.5 Å². The van der Waals surface area contributed by atoms with Crippen molar-refractivity contribution in [2.24, 2.45) is 0 Å². The van der Waals surface area contributed by atoms with Crippen LogP contribution < -0.4 is 15.1 Å². The summed E-state index contributed by atoms with van der Waals surface area (Å²) in [6.07, 6.45) is 0.0820. The molecule has 2 aromatic rings. The smallest absolute Gasteiger partial charge is 0.347 e. The fourth-order valence-electron chi connectivity index (χ4n) is 4.25. The lowest BCUT2D eigenvalue weighted by Crippen LogP contribution is -2.19. The Morgan fingerprint density at radius 2 is 2.04 bits per heavy atom. The summed E-state index contributed by atoms with van der Waals surface area (Å²) in [5.74, 6) is 0.811. The Bertz CT molecular complexity index is 1000. The van der Waals surface area contributed by atoms with Gasteiger partial charge in [0, 0.05) is 12.5 Å². The number of fused-ring (bicyclic) bond motifs is 9. The Labute approximate surface area is 135 Å². The van der Waals surface area contributed by atoms with Crippen molar-refractivity contribution in [1.29, 1.82) is 0 Å². The van der Waals surface area contributed by atoms with E-state index in [0.717, 1.165) is 5.56 Å². The van der Waals surface area contributed by atoms with E-state index in [-0.39, 0.29) is 29.7 Å². The van der Waals surface area contributed by atoms with Gasteiger partial charge in [0.05, 0.1) is 24.0 Å². The first-order chi connectivity index (χ1) is 11.7. The van der Waals surface area contributed by atoms with E-state index < -0.39 is 11.9 Å². The van der Waals surface area contributed by atoms with Gasteiger partial charge in [-0.2, -0.15) is 0 Å². The van der Waals surface area contributed by atoms with Crippen LogP contribution >= 0.6 is 0 Å². The molecule has 7 nitrogen and oxygen atoms in total. The third-order valence-corrected chi connectivity index (χ3v) is 5.32. The van der Waals surface area contributed by atoms with E-state index in [1.807, 2.05) is 0 Å². The van der Waals surface area contributed by atoms with Gasteiger partial charge in [-0.05, 0) is 12.0 Å². The molecule has 2 saturated heterocycles. The maximum atomic E-state index is 12.4. The minimum absolute atomic E-state index is 0.0759. The number of ketones is 1. The zero-order chi connectivity index (χ0) is 16.2. The second kappa shape index (κ2) is 3.99. The normalized spacial score (nSPS) is 31.5. The Morgan fingerprint density at radius 1 is 1.17 bits per heavy atom. The quantitative estimate of drug-likeness (QED) is 0.579. The molecule has 1 aliphatic carbocycles. The molecule has 1 aromatic heterocycles. The van der Waals surface area contributed by atoms with Crippen LogP contribution in [0.5, 0.6) is 11.5 Å². The number of Topliss-reactive ketones (excluding diaryl/α,β-unsaturated/α-hetero) is 1. The number of carbonyl (C=O) groups excluding carboxylic acids is 1. The van der Waals surface area contributed by atoms with Crippen LogP contribution in [0.4, 0.5) is 0 Å². The SMILES string of the molecule is COc1cc2c(c3oc(=O)c4c(c13)CCC4=O)[C@H]1[C@H](O2)OC2O[C@@H]21. The summed E-state index contributed by atoms with van der Waals surface area (Å²) in [5.41, 5.74) is 1.47. The highest BCUT2D eigenvalue weighted by molar-refractivity contribution is 6.06. The zero-order valence-electron chi connectivity index (χ0n) is 12.7. The maximum absolute atomic E-state index is 12.4. The molecule has 6 rings (SSSR count). The van der Waals surface area contributed by atoms with Crippen LogP contribution in [0, 0.1) is 0 Å². The van der Waals surface area contributed by atoms with Gasteiger partial charge in [0.25, 0.3) is 0 Å². The minimum Gasteiger partial charge on any atom is -0.496 e. The number of rotatable bonds is 1.